The second-order valence-corrected chi connectivity index (χ2v) is 9.30. The number of rotatable bonds is 5. The van der Waals surface area contributed by atoms with Crippen molar-refractivity contribution in [1.29, 1.82) is 0 Å². The van der Waals surface area contributed by atoms with E-state index in [1.54, 1.807) is 11.3 Å². The average Bonchev–Trinajstić information content (AvgIpc) is 3.30. The summed E-state index contributed by atoms with van der Waals surface area (Å²) >= 11 is 1.73. The number of nitrogens with zero attached hydrogens (tertiary/aromatic N) is 5. The van der Waals surface area contributed by atoms with E-state index in [0.29, 0.717) is 0 Å². The molecule has 2 aromatic heterocycles. The Morgan fingerprint density at radius 1 is 0.860 bits per heavy atom. The Hall–Kier alpha value is -3.72. The summed E-state index contributed by atoms with van der Waals surface area (Å²) < 4.78 is 95.2. The molecule has 1 aliphatic rings. The highest BCUT2D eigenvalue weighted by molar-refractivity contribution is 7.09. The van der Waals surface area contributed by atoms with Crippen LogP contribution in [0.15, 0.2) is 29.9 Å². The number of halogens is 9. The molecule has 0 amide bonds. The van der Waals surface area contributed by atoms with Gasteiger partial charge in [0.15, 0.2) is 0 Å². The van der Waals surface area contributed by atoms with Crippen LogP contribution < -0.4 is 4.90 Å². The molecule has 0 atom stereocenters. The lowest BCUT2D eigenvalue weighted by Crippen LogP contribution is -2.36. The fourth-order valence-corrected chi connectivity index (χ4v) is 3.38. The lowest BCUT2D eigenvalue weighted by atomic mass is 10.2. The van der Waals surface area contributed by atoms with Crippen LogP contribution in [-0.4, -0.2) is 112 Å². The van der Waals surface area contributed by atoms with E-state index in [1.165, 1.54) is 10.6 Å². The van der Waals surface area contributed by atoms with E-state index >= 15 is 0 Å². The van der Waals surface area contributed by atoms with Gasteiger partial charge in [0.1, 0.15) is 10.8 Å². The number of fused-ring (bicyclic) bond motifs is 1. The number of carboxylic acid groups (broad SMARTS) is 3. The van der Waals surface area contributed by atoms with Crippen molar-refractivity contribution in [2.24, 2.45) is 0 Å². The highest BCUT2D eigenvalue weighted by Gasteiger charge is 2.39. The molecular weight excluding hydrogens is 633 g/mol. The third-order valence-electron chi connectivity index (χ3n) is 4.63. The molecule has 0 unspecified atom stereocenters. The number of pyridine rings is 1. The lowest BCUT2D eigenvalue weighted by molar-refractivity contribution is -0.193. The minimum atomic E-state index is -5.08. The van der Waals surface area contributed by atoms with Gasteiger partial charge in [-0.1, -0.05) is 6.07 Å². The number of alkyl halides is 9. The standard InChI is InChI=1S/C16H23N5S.3C2HF3O2/c1-19(2)7-9-21-10-8-20(13-15-17-6-11-22-15)12-14-4-3-5-18-16(14)21;3*3-2(4,5)1(6)7/h3-6,11H,7-10,12-13H2,1-2H3;3*(H,6,7). The molecular formula is C22H26F9N5O6S. The van der Waals surface area contributed by atoms with Crippen LogP contribution in [0.5, 0.6) is 0 Å². The average molecular weight is 660 g/mol. The van der Waals surface area contributed by atoms with Crippen molar-refractivity contribution < 1.29 is 69.2 Å². The first-order valence-electron chi connectivity index (χ1n) is 11.4. The highest BCUT2D eigenvalue weighted by atomic mass is 32.1. The van der Waals surface area contributed by atoms with Crippen molar-refractivity contribution >= 4 is 35.1 Å². The van der Waals surface area contributed by atoms with Crippen molar-refractivity contribution in [1.82, 2.24) is 19.8 Å². The van der Waals surface area contributed by atoms with Crippen LogP contribution in [0, 0.1) is 0 Å². The van der Waals surface area contributed by atoms with E-state index in [0.717, 1.165) is 45.1 Å². The zero-order chi connectivity index (χ0) is 33.6. The zero-order valence-corrected chi connectivity index (χ0v) is 23.1. The summed E-state index contributed by atoms with van der Waals surface area (Å²) in [6, 6.07) is 4.24. The highest BCUT2D eigenvalue weighted by Crippen LogP contribution is 2.23. The molecule has 0 saturated heterocycles. The Morgan fingerprint density at radius 3 is 1.74 bits per heavy atom. The molecule has 3 heterocycles. The summed E-state index contributed by atoms with van der Waals surface area (Å²) in [6.07, 6.45) is -11.5. The summed E-state index contributed by atoms with van der Waals surface area (Å²) in [7, 11) is 4.23. The van der Waals surface area contributed by atoms with Crippen LogP contribution in [0.3, 0.4) is 0 Å². The number of carboxylic acids is 3. The molecule has 0 aromatic carbocycles. The van der Waals surface area contributed by atoms with Crippen LogP contribution in [0.4, 0.5) is 45.3 Å². The molecule has 2 aromatic rings. The minimum Gasteiger partial charge on any atom is -0.475 e. The normalized spacial score (nSPS) is 13.6. The quantitative estimate of drug-likeness (QED) is 0.403. The summed E-state index contributed by atoms with van der Waals surface area (Å²) in [5, 5.41) is 24.6. The van der Waals surface area contributed by atoms with E-state index in [4.69, 9.17) is 29.7 Å². The predicted octanol–water partition coefficient (Wildman–Crippen LogP) is 3.82. The molecule has 0 fully saturated rings. The number of aromatic nitrogens is 2. The number of anilines is 1. The van der Waals surface area contributed by atoms with E-state index in [2.05, 4.69) is 44.8 Å². The van der Waals surface area contributed by atoms with Gasteiger partial charge in [-0.15, -0.1) is 11.3 Å². The molecule has 1 aliphatic heterocycles. The van der Waals surface area contributed by atoms with Gasteiger partial charge < -0.3 is 25.1 Å². The third kappa shape index (κ3) is 17.1. The fraction of sp³-hybridized carbons (Fsp3) is 0.500. The molecule has 0 spiro atoms. The smallest absolute Gasteiger partial charge is 0.475 e. The summed E-state index contributed by atoms with van der Waals surface area (Å²) in [5.41, 5.74) is 1.32. The van der Waals surface area contributed by atoms with Crippen LogP contribution in [0.25, 0.3) is 0 Å². The van der Waals surface area contributed by atoms with Gasteiger partial charge in [-0.2, -0.15) is 39.5 Å². The first-order valence-corrected chi connectivity index (χ1v) is 12.3. The number of carbonyl (C=O) groups is 3. The van der Waals surface area contributed by atoms with Crippen molar-refractivity contribution in [2.75, 3.05) is 45.2 Å². The second-order valence-electron chi connectivity index (χ2n) is 8.32. The first kappa shape index (κ1) is 39.3. The van der Waals surface area contributed by atoms with Gasteiger partial charge >= 0.3 is 36.4 Å². The van der Waals surface area contributed by atoms with Crippen molar-refractivity contribution in [3.8, 4) is 0 Å². The van der Waals surface area contributed by atoms with E-state index < -0.39 is 36.4 Å². The predicted molar refractivity (Wildman–Crippen MR) is 132 cm³/mol. The minimum absolute atomic E-state index is 0.924. The maximum atomic E-state index is 10.6. The Labute approximate surface area is 241 Å². The summed E-state index contributed by atoms with van der Waals surface area (Å²) in [6.45, 7) is 5.99. The van der Waals surface area contributed by atoms with E-state index in [1.807, 2.05) is 23.8 Å². The van der Waals surface area contributed by atoms with Crippen LogP contribution in [0.2, 0.25) is 0 Å². The largest absolute Gasteiger partial charge is 0.490 e. The Balaban J connectivity index is 0.000000690. The van der Waals surface area contributed by atoms with Crippen molar-refractivity contribution in [3.05, 3.63) is 40.5 Å². The molecule has 0 bridgehead atoms. The number of thiazole rings is 1. The van der Waals surface area contributed by atoms with Crippen LogP contribution in [-0.2, 0) is 27.5 Å². The number of likely N-dealkylation sites (N-methyl/N-ethyl adjacent to an activating group) is 1. The van der Waals surface area contributed by atoms with Gasteiger partial charge in [0.05, 0.1) is 6.54 Å². The van der Waals surface area contributed by atoms with Gasteiger partial charge in [-0.3, -0.25) is 4.90 Å². The lowest BCUT2D eigenvalue weighted by Gasteiger charge is -2.25. The number of hydrogen-bond acceptors (Lipinski definition) is 9. The van der Waals surface area contributed by atoms with Crippen LogP contribution in [0.1, 0.15) is 10.6 Å². The number of aliphatic carboxylic acids is 3. The Morgan fingerprint density at radius 2 is 1.35 bits per heavy atom. The number of hydrogen-bond donors (Lipinski definition) is 3. The van der Waals surface area contributed by atoms with Gasteiger partial charge in [0.25, 0.3) is 0 Å². The maximum Gasteiger partial charge on any atom is 0.490 e. The SMILES string of the molecule is CN(C)CCN1CCN(Cc2nccs2)Cc2cccnc21.O=C(O)C(F)(F)F.O=C(O)C(F)(F)F.O=C(O)C(F)(F)F. The van der Waals surface area contributed by atoms with Crippen molar-refractivity contribution in [2.45, 2.75) is 31.6 Å². The molecule has 3 N–H and O–H groups in total. The Kier molecular flexibility index (Phi) is 15.9. The molecule has 3 rings (SSSR count). The van der Waals surface area contributed by atoms with Gasteiger partial charge in [-0.05, 0) is 20.2 Å². The summed E-state index contributed by atoms with van der Waals surface area (Å²) in [5.74, 6) is -7.13. The van der Waals surface area contributed by atoms with Crippen LogP contribution >= 0.6 is 11.3 Å². The molecule has 43 heavy (non-hydrogen) atoms. The molecule has 0 radical (unpaired) electrons. The fourth-order valence-electron chi connectivity index (χ4n) is 2.72. The zero-order valence-electron chi connectivity index (χ0n) is 22.2. The Bertz CT molecular complexity index is 1090. The monoisotopic (exact) mass is 659 g/mol. The summed E-state index contributed by atoms with van der Waals surface area (Å²) in [4.78, 5) is 42.8. The molecule has 0 saturated carbocycles. The second kappa shape index (κ2) is 17.4. The molecule has 244 valence electrons. The van der Waals surface area contributed by atoms with E-state index in [9.17, 15) is 39.5 Å². The van der Waals surface area contributed by atoms with Gasteiger partial charge in [-0.25, -0.2) is 24.4 Å². The maximum absolute atomic E-state index is 10.6. The third-order valence-corrected chi connectivity index (χ3v) is 5.40. The molecule has 21 heteroatoms. The molecule has 0 aliphatic carbocycles. The topological polar surface area (TPSA) is 147 Å². The molecule has 11 nitrogen and oxygen atoms in total. The van der Waals surface area contributed by atoms with Gasteiger partial charge in [0.2, 0.25) is 0 Å². The van der Waals surface area contributed by atoms with Gasteiger partial charge in [0, 0.05) is 56.1 Å². The van der Waals surface area contributed by atoms with Crippen molar-refractivity contribution in [3.63, 3.8) is 0 Å². The van der Waals surface area contributed by atoms with E-state index in [-0.39, 0.29) is 0 Å². The first-order chi connectivity index (χ1) is 19.6.